The number of nitrogens with one attached hydrogen (secondary N) is 1. The number of nitrogens with two attached hydrogens (primary N) is 1. The van der Waals surface area contributed by atoms with Crippen molar-refractivity contribution in [3.8, 4) is 11.5 Å². The van der Waals surface area contributed by atoms with E-state index in [-0.39, 0.29) is 28.2 Å². The summed E-state index contributed by atoms with van der Waals surface area (Å²) in [5.74, 6) is 1.02. The molecule has 0 spiro atoms. The van der Waals surface area contributed by atoms with Crippen LogP contribution in [-0.4, -0.2) is 33.7 Å². The molecule has 0 radical (unpaired) electrons. The van der Waals surface area contributed by atoms with Gasteiger partial charge in [-0.3, -0.25) is 14.5 Å². The standard InChI is InChI=1S/C29H26N6O4S/c30-28-26-25(17-35(21-6-1-2-7-21)29(26)33-18-32-28)27(36)19-4-3-5-20(16-19)34-40(37,38)24-10-8-22(9-11-24)39-23-12-14-31-15-13-23/h3-5,8-18,21,34H,1-2,6-7H2,(H2,30,32,33). The molecule has 1 aliphatic carbocycles. The predicted octanol–water partition coefficient (Wildman–Crippen LogP) is 5.35. The third-order valence-electron chi connectivity index (χ3n) is 7.00. The summed E-state index contributed by atoms with van der Waals surface area (Å²) >= 11 is 0. The number of fused-ring (bicyclic) bond motifs is 1. The van der Waals surface area contributed by atoms with E-state index in [1.54, 1.807) is 61.1 Å². The molecular weight excluding hydrogens is 528 g/mol. The molecule has 1 fully saturated rings. The Kier molecular flexibility index (Phi) is 6.64. The lowest BCUT2D eigenvalue weighted by molar-refractivity contribution is 0.104. The SMILES string of the molecule is Nc1ncnc2c1c(C(=O)c1cccc(NS(=O)(=O)c3ccc(Oc4ccncc4)cc3)c1)cn2C1CCCC1. The van der Waals surface area contributed by atoms with E-state index in [2.05, 4.69) is 19.7 Å². The average Bonchev–Trinajstić information content (AvgIpc) is 3.63. The molecule has 0 atom stereocenters. The number of sulfonamides is 1. The van der Waals surface area contributed by atoms with E-state index in [1.165, 1.54) is 24.5 Å². The Morgan fingerprint density at radius 3 is 2.45 bits per heavy atom. The number of pyridine rings is 1. The fourth-order valence-electron chi connectivity index (χ4n) is 5.06. The van der Waals surface area contributed by atoms with E-state index in [1.807, 2.05) is 4.57 Å². The molecule has 3 aromatic heterocycles. The zero-order valence-electron chi connectivity index (χ0n) is 21.4. The highest BCUT2D eigenvalue weighted by Crippen LogP contribution is 2.35. The molecule has 0 amide bonds. The molecule has 0 saturated heterocycles. The Morgan fingerprint density at radius 2 is 1.70 bits per heavy atom. The number of ketones is 1. The molecule has 1 saturated carbocycles. The summed E-state index contributed by atoms with van der Waals surface area (Å²) in [6.07, 6.45) is 10.7. The van der Waals surface area contributed by atoms with Gasteiger partial charge in [-0.15, -0.1) is 0 Å². The van der Waals surface area contributed by atoms with Crippen LogP contribution in [0.5, 0.6) is 11.5 Å². The van der Waals surface area contributed by atoms with E-state index < -0.39 is 10.0 Å². The Bertz CT molecular complexity index is 1800. The minimum Gasteiger partial charge on any atom is -0.457 e. The predicted molar refractivity (Wildman–Crippen MR) is 151 cm³/mol. The number of ether oxygens (including phenoxy) is 1. The van der Waals surface area contributed by atoms with E-state index >= 15 is 0 Å². The molecule has 5 aromatic rings. The maximum absolute atomic E-state index is 13.7. The average molecular weight is 555 g/mol. The van der Waals surface area contributed by atoms with Gasteiger partial charge in [0.25, 0.3) is 10.0 Å². The third-order valence-corrected chi connectivity index (χ3v) is 8.40. The van der Waals surface area contributed by atoms with Crippen molar-refractivity contribution in [2.45, 2.75) is 36.6 Å². The van der Waals surface area contributed by atoms with Crippen molar-refractivity contribution >= 4 is 38.3 Å². The van der Waals surface area contributed by atoms with Gasteiger partial charge in [0.1, 0.15) is 29.3 Å². The van der Waals surface area contributed by atoms with Gasteiger partial charge in [0.2, 0.25) is 0 Å². The summed E-state index contributed by atoms with van der Waals surface area (Å²) in [4.78, 5) is 26.2. The Hall–Kier alpha value is -4.77. The number of anilines is 2. The van der Waals surface area contributed by atoms with Gasteiger partial charge in [0, 0.05) is 35.9 Å². The highest BCUT2D eigenvalue weighted by molar-refractivity contribution is 7.92. The molecule has 3 N–H and O–H groups in total. The number of aromatic nitrogens is 4. The van der Waals surface area contributed by atoms with Crippen molar-refractivity contribution in [3.63, 3.8) is 0 Å². The van der Waals surface area contributed by atoms with Crippen LogP contribution in [-0.2, 0) is 10.0 Å². The second-order valence-electron chi connectivity index (χ2n) is 9.62. The molecule has 2 aromatic carbocycles. The molecule has 0 bridgehead atoms. The Labute approximate surface area is 230 Å². The maximum Gasteiger partial charge on any atom is 0.261 e. The number of hydrogen-bond donors (Lipinski definition) is 2. The molecule has 10 nitrogen and oxygen atoms in total. The topological polar surface area (TPSA) is 142 Å². The normalized spacial score (nSPS) is 13.9. The fourth-order valence-corrected chi connectivity index (χ4v) is 6.11. The summed E-state index contributed by atoms with van der Waals surface area (Å²) in [6, 6.07) is 16.1. The second kappa shape index (κ2) is 10.4. The summed E-state index contributed by atoms with van der Waals surface area (Å²) < 4.78 is 36.5. The van der Waals surface area contributed by atoms with Crippen molar-refractivity contribution in [3.05, 3.63) is 96.7 Å². The lowest BCUT2D eigenvalue weighted by Gasteiger charge is -2.12. The molecule has 6 rings (SSSR count). The van der Waals surface area contributed by atoms with Crippen molar-refractivity contribution < 1.29 is 17.9 Å². The van der Waals surface area contributed by atoms with Crippen LogP contribution in [0.4, 0.5) is 11.5 Å². The summed E-state index contributed by atoms with van der Waals surface area (Å²) in [5, 5.41) is 0.513. The molecule has 40 heavy (non-hydrogen) atoms. The molecular formula is C29H26N6O4S. The summed E-state index contributed by atoms with van der Waals surface area (Å²) in [7, 11) is -3.93. The van der Waals surface area contributed by atoms with Crippen molar-refractivity contribution in [2.75, 3.05) is 10.5 Å². The van der Waals surface area contributed by atoms with Gasteiger partial charge in [-0.25, -0.2) is 18.4 Å². The zero-order chi connectivity index (χ0) is 27.7. The van der Waals surface area contributed by atoms with E-state index in [9.17, 15) is 13.2 Å². The largest absolute Gasteiger partial charge is 0.457 e. The van der Waals surface area contributed by atoms with E-state index in [4.69, 9.17) is 10.5 Å². The highest BCUT2D eigenvalue weighted by Gasteiger charge is 2.26. The van der Waals surface area contributed by atoms with Crippen LogP contribution in [0.2, 0.25) is 0 Å². The molecule has 0 unspecified atom stereocenters. The van der Waals surface area contributed by atoms with Gasteiger partial charge in [-0.2, -0.15) is 0 Å². The number of nitrogens with zero attached hydrogens (tertiary/aromatic N) is 4. The number of rotatable bonds is 8. The van der Waals surface area contributed by atoms with Crippen LogP contribution < -0.4 is 15.2 Å². The smallest absolute Gasteiger partial charge is 0.261 e. The quantitative estimate of drug-likeness (QED) is 0.245. The summed E-state index contributed by atoms with van der Waals surface area (Å²) in [6.45, 7) is 0. The van der Waals surface area contributed by atoms with Crippen LogP contribution in [0, 0.1) is 0 Å². The third kappa shape index (κ3) is 4.98. The fraction of sp³-hybridized carbons (Fsp3) is 0.172. The Morgan fingerprint density at radius 1 is 0.975 bits per heavy atom. The van der Waals surface area contributed by atoms with Gasteiger partial charge in [-0.05, 0) is 61.4 Å². The van der Waals surface area contributed by atoms with Crippen molar-refractivity contribution in [2.24, 2.45) is 0 Å². The van der Waals surface area contributed by atoms with Crippen LogP contribution in [0.1, 0.15) is 47.6 Å². The van der Waals surface area contributed by atoms with Gasteiger partial charge in [0.05, 0.1) is 15.8 Å². The summed E-state index contributed by atoms with van der Waals surface area (Å²) in [5.41, 5.74) is 7.80. The Balaban J connectivity index is 1.25. The van der Waals surface area contributed by atoms with Crippen LogP contribution >= 0.6 is 0 Å². The van der Waals surface area contributed by atoms with Crippen LogP contribution in [0.15, 0.2) is 90.5 Å². The van der Waals surface area contributed by atoms with E-state index in [0.29, 0.717) is 33.7 Å². The minimum atomic E-state index is -3.93. The molecule has 3 heterocycles. The molecule has 0 aliphatic heterocycles. The van der Waals surface area contributed by atoms with Crippen molar-refractivity contribution in [1.29, 1.82) is 0 Å². The van der Waals surface area contributed by atoms with Crippen molar-refractivity contribution in [1.82, 2.24) is 19.5 Å². The monoisotopic (exact) mass is 554 g/mol. The van der Waals surface area contributed by atoms with Crippen LogP contribution in [0.3, 0.4) is 0 Å². The lowest BCUT2D eigenvalue weighted by Crippen LogP contribution is -2.13. The van der Waals surface area contributed by atoms with Gasteiger partial charge in [0.15, 0.2) is 5.78 Å². The lowest BCUT2D eigenvalue weighted by atomic mass is 10.0. The first kappa shape index (κ1) is 25.5. The number of hydrogen-bond acceptors (Lipinski definition) is 8. The molecule has 11 heteroatoms. The number of carbonyl (C=O) groups is 1. The number of benzene rings is 2. The van der Waals surface area contributed by atoms with Gasteiger partial charge < -0.3 is 15.0 Å². The first-order valence-electron chi connectivity index (χ1n) is 12.9. The molecule has 202 valence electrons. The van der Waals surface area contributed by atoms with Crippen LogP contribution in [0.25, 0.3) is 11.0 Å². The maximum atomic E-state index is 13.7. The minimum absolute atomic E-state index is 0.0517. The number of carbonyl (C=O) groups excluding carboxylic acids is 1. The highest BCUT2D eigenvalue weighted by atomic mass is 32.2. The van der Waals surface area contributed by atoms with E-state index in [0.717, 1.165) is 25.7 Å². The zero-order valence-corrected chi connectivity index (χ0v) is 22.2. The first-order chi connectivity index (χ1) is 19.4. The van der Waals surface area contributed by atoms with Gasteiger partial charge >= 0.3 is 0 Å². The number of nitrogen functional groups attached to an aromatic ring is 1. The molecule has 1 aliphatic rings. The van der Waals surface area contributed by atoms with Gasteiger partial charge in [-0.1, -0.05) is 25.0 Å². The second-order valence-corrected chi connectivity index (χ2v) is 11.3. The first-order valence-corrected chi connectivity index (χ1v) is 14.3.